The lowest BCUT2D eigenvalue weighted by molar-refractivity contribution is 0.0511. The molecule has 4 heteroatoms. The summed E-state index contributed by atoms with van der Waals surface area (Å²) in [6.45, 7) is 9.19. The van der Waals surface area contributed by atoms with Crippen molar-refractivity contribution in [3.63, 3.8) is 0 Å². The normalized spacial score (nSPS) is 30.2. The van der Waals surface area contributed by atoms with Crippen LogP contribution in [0.25, 0.3) is 0 Å². The topological polar surface area (TPSA) is 41.9 Å². The fourth-order valence-corrected chi connectivity index (χ4v) is 5.10. The number of phenolic OH excluding ortho intramolecular Hbond substituents is 1. The summed E-state index contributed by atoms with van der Waals surface area (Å²) in [5.41, 5.74) is 2.23. The second-order valence-electron chi connectivity index (χ2n) is 9.40. The molecule has 1 aliphatic carbocycles. The highest BCUT2D eigenvalue weighted by molar-refractivity contribution is 5.53. The third-order valence-electron chi connectivity index (χ3n) is 7.08. The molecule has 2 fully saturated rings. The highest BCUT2D eigenvalue weighted by atomic mass is 16.5. The molecule has 1 saturated carbocycles. The van der Waals surface area contributed by atoms with Gasteiger partial charge in [0.25, 0.3) is 0 Å². The number of hydrogen-bond acceptors (Lipinski definition) is 4. The maximum Gasteiger partial charge on any atom is 0.164 e. The zero-order chi connectivity index (χ0) is 20.3. The minimum absolute atomic E-state index is 0.103. The van der Waals surface area contributed by atoms with Gasteiger partial charge < -0.3 is 19.5 Å². The molecule has 2 aliphatic rings. The Hall–Kier alpha value is -1.26. The van der Waals surface area contributed by atoms with Crippen molar-refractivity contribution in [3.05, 3.63) is 23.3 Å². The van der Waals surface area contributed by atoms with Crippen LogP contribution in [0.2, 0.25) is 0 Å². The van der Waals surface area contributed by atoms with Gasteiger partial charge in [0.2, 0.25) is 0 Å². The fourth-order valence-electron chi connectivity index (χ4n) is 5.10. The van der Waals surface area contributed by atoms with Crippen LogP contribution in [0.5, 0.6) is 11.5 Å². The summed E-state index contributed by atoms with van der Waals surface area (Å²) in [5.74, 6) is 1.77. The minimum atomic E-state index is -0.103. The highest BCUT2D eigenvalue weighted by Crippen LogP contribution is 2.46. The maximum absolute atomic E-state index is 10.5. The summed E-state index contributed by atoms with van der Waals surface area (Å²) in [5, 5.41) is 10.5. The van der Waals surface area contributed by atoms with E-state index in [4.69, 9.17) is 9.47 Å². The first kappa shape index (κ1) is 21.4. The third-order valence-corrected chi connectivity index (χ3v) is 7.08. The number of ether oxygens (including phenoxy) is 2. The summed E-state index contributed by atoms with van der Waals surface area (Å²) >= 11 is 0. The van der Waals surface area contributed by atoms with Gasteiger partial charge in [0.15, 0.2) is 11.5 Å². The number of methoxy groups -OCH3 is 2. The van der Waals surface area contributed by atoms with Gasteiger partial charge in [-0.25, -0.2) is 0 Å². The largest absolute Gasteiger partial charge is 0.504 e. The van der Waals surface area contributed by atoms with E-state index in [2.05, 4.69) is 25.7 Å². The first-order valence-corrected chi connectivity index (χ1v) is 11.0. The minimum Gasteiger partial charge on any atom is -0.504 e. The SMILES string of the molecule is COc1c(O)ccc(C)c1C1(C)CCN(CC2CC2)C(C)CCCC(OC)C1. The molecular weight excluding hydrogens is 350 g/mol. The number of rotatable bonds is 5. The molecule has 158 valence electrons. The third kappa shape index (κ3) is 4.83. The van der Waals surface area contributed by atoms with Gasteiger partial charge in [-0.3, -0.25) is 0 Å². The molecule has 3 atom stereocenters. The van der Waals surface area contributed by atoms with Gasteiger partial charge in [0.1, 0.15) is 0 Å². The highest BCUT2D eigenvalue weighted by Gasteiger charge is 2.37. The van der Waals surface area contributed by atoms with Crippen molar-refractivity contribution in [2.24, 2.45) is 5.92 Å². The zero-order valence-corrected chi connectivity index (χ0v) is 18.5. The average Bonchev–Trinajstić information content (AvgIpc) is 3.49. The van der Waals surface area contributed by atoms with Gasteiger partial charge in [-0.2, -0.15) is 0 Å². The molecule has 1 heterocycles. The number of nitrogens with zero attached hydrogens (tertiary/aromatic N) is 1. The Morgan fingerprint density at radius 3 is 2.57 bits per heavy atom. The molecule has 1 saturated heterocycles. The molecule has 1 aliphatic heterocycles. The van der Waals surface area contributed by atoms with Crippen LogP contribution in [0.3, 0.4) is 0 Å². The molecule has 4 nitrogen and oxygen atoms in total. The van der Waals surface area contributed by atoms with Crippen LogP contribution >= 0.6 is 0 Å². The van der Waals surface area contributed by atoms with E-state index >= 15 is 0 Å². The first-order valence-electron chi connectivity index (χ1n) is 11.0. The molecule has 0 bridgehead atoms. The van der Waals surface area contributed by atoms with Gasteiger partial charge in [0, 0.05) is 30.7 Å². The lowest BCUT2D eigenvalue weighted by Crippen LogP contribution is -2.41. The average molecular weight is 390 g/mol. The number of aromatic hydroxyl groups is 1. The van der Waals surface area contributed by atoms with E-state index in [1.54, 1.807) is 13.2 Å². The molecule has 0 aromatic heterocycles. The molecule has 0 amide bonds. The van der Waals surface area contributed by atoms with Crippen LogP contribution in [0.1, 0.15) is 69.9 Å². The fraction of sp³-hybridized carbons (Fsp3) is 0.750. The Labute approximate surface area is 171 Å². The van der Waals surface area contributed by atoms with Crippen molar-refractivity contribution in [1.82, 2.24) is 4.90 Å². The van der Waals surface area contributed by atoms with Crippen molar-refractivity contribution in [1.29, 1.82) is 0 Å². The van der Waals surface area contributed by atoms with Gasteiger partial charge in [0.05, 0.1) is 13.2 Å². The standard InChI is InChI=1S/C24H39NO3/c1-17-9-12-21(26)23(28-5)22(17)24(3)13-14-25(16-19-10-11-19)18(2)7-6-8-20(15-24)27-4/h9,12,18-20,26H,6-8,10-11,13-16H2,1-5H3. The van der Waals surface area contributed by atoms with Gasteiger partial charge in [-0.15, -0.1) is 0 Å². The van der Waals surface area contributed by atoms with Crippen LogP contribution in [0, 0.1) is 12.8 Å². The molecule has 1 aromatic carbocycles. The van der Waals surface area contributed by atoms with Gasteiger partial charge >= 0.3 is 0 Å². The molecule has 0 spiro atoms. The number of phenols is 1. The number of hydrogen-bond donors (Lipinski definition) is 1. The summed E-state index contributed by atoms with van der Waals surface area (Å²) in [6, 6.07) is 4.38. The molecular formula is C24H39NO3. The van der Waals surface area contributed by atoms with Gasteiger partial charge in [-0.05, 0) is 82.9 Å². The van der Waals surface area contributed by atoms with Crippen molar-refractivity contribution in [2.75, 3.05) is 27.3 Å². The van der Waals surface area contributed by atoms with Crippen LogP contribution < -0.4 is 4.74 Å². The van der Waals surface area contributed by atoms with E-state index in [0.717, 1.165) is 37.3 Å². The van der Waals surface area contributed by atoms with E-state index in [1.165, 1.54) is 37.8 Å². The van der Waals surface area contributed by atoms with Crippen LogP contribution in [0.4, 0.5) is 0 Å². The molecule has 1 N–H and O–H groups in total. The van der Waals surface area contributed by atoms with E-state index in [0.29, 0.717) is 11.8 Å². The Morgan fingerprint density at radius 2 is 1.93 bits per heavy atom. The van der Waals surface area contributed by atoms with Crippen molar-refractivity contribution < 1.29 is 14.6 Å². The van der Waals surface area contributed by atoms with Crippen LogP contribution in [-0.4, -0.2) is 49.5 Å². The quantitative estimate of drug-likeness (QED) is 0.765. The first-order chi connectivity index (χ1) is 13.4. The number of aryl methyl sites for hydroxylation is 1. The number of benzene rings is 1. The van der Waals surface area contributed by atoms with Gasteiger partial charge in [-0.1, -0.05) is 13.0 Å². The summed E-state index contributed by atoms with van der Waals surface area (Å²) in [4.78, 5) is 2.72. The summed E-state index contributed by atoms with van der Waals surface area (Å²) in [6.07, 6.45) is 8.56. The Bertz CT molecular complexity index is 657. The smallest absolute Gasteiger partial charge is 0.164 e. The van der Waals surface area contributed by atoms with Crippen LogP contribution in [-0.2, 0) is 10.2 Å². The van der Waals surface area contributed by atoms with E-state index in [9.17, 15) is 5.11 Å². The second-order valence-corrected chi connectivity index (χ2v) is 9.40. The predicted molar refractivity (Wildman–Crippen MR) is 114 cm³/mol. The monoisotopic (exact) mass is 389 g/mol. The molecule has 28 heavy (non-hydrogen) atoms. The molecule has 1 aromatic rings. The Kier molecular flexibility index (Phi) is 6.93. The Balaban J connectivity index is 1.95. The summed E-state index contributed by atoms with van der Waals surface area (Å²) in [7, 11) is 3.50. The van der Waals surface area contributed by atoms with Crippen LogP contribution in [0.15, 0.2) is 12.1 Å². The lowest BCUT2D eigenvalue weighted by atomic mass is 9.71. The summed E-state index contributed by atoms with van der Waals surface area (Å²) < 4.78 is 11.6. The van der Waals surface area contributed by atoms with E-state index < -0.39 is 0 Å². The Morgan fingerprint density at radius 1 is 1.18 bits per heavy atom. The van der Waals surface area contributed by atoms with E-state index in [-0.39, 0.29) is 17.3 Å². The zero-order valence-electron chi connectivity index (χ0n) is 18.5. The van der Waals surface area contributed by atoms with Crippen molar-refractivity contribution >= 4 is 0 Å². The van der Waals surface area contributed by atoms with Crippen molar-refractivity contribution in [2.45, 2.75) is 83.3 Å². The predicted octanol–water partition coefficient (Wildman–Crippen LogP) is 5.05. The van der Waals surface area contributed by atoms with Crippen molar-refractivity contribution in [3.8, 4) is 11.5 Å². The van der Waals surface area contributed by atoms with E-state index in [1.807, 2.05) is 13.2 Å². The lowest BCUT2D eigenvalue weighted by Gasteiger charge is -2.40. The molecule has 3 unspecified atom stereocenters. The molecule has 3 rings (SSSR count). The second kappa shape index (κ2) is 9.04. The molecule has 0 radical (unpaired) electrons. The maximum atomic E-state index is 10.5.